The van der Waals surface area contributed by atoms with Gasteiger partial charge in [0.1, 0.15) is 17.5 Å². The molecular weight excluding hydrogens is 392 g/mol. The van der Waals surface area contributed by atoms with Gasteiger partial charge in [0.05, 0.1) is 25.4 Å². The number of hydrogen-bond acceptors (Lipinski definition) is 7. The van der Waals surface area contributed by atoms with Gasteiger partial charge in [0.15, 0.2) is 5.65 Å². The van der Waals surface area contributed by atoms with E-state index in [2.05, 4.69) is 30.6 Å². The zero-order chi connectivity index (χ0) is 21.2. The number of fused-ring (bicyclic) bond motifs is 1. The van der Waals surface area contributed by atoms with Crippen LogP contribution in [-0.4, -0.2) is 41.5 Å². The van der Waals surface area contributed by atoms with Gasteiger partial charge in [-0.2, -0.15) is 5.10 Å². The van der Waals surface area contributed by atoms with Crippen molar-refractivity contribution in [2.24, 2.45) is 7.05 Å². The number of nitrogens with zero attached hydrogens (tertiary/aromatic N) is 7. The zero-order valence-corrected chi connectivity index (χ0v) is 17.1. The normalized spacial score (nSPS) is 11.0. The van der Waals surface area contributed by atoms with E-state index in [0.29, 0.717) is 12.3 Å². The van der Waals surface area contributed by atoms with Gasteiger partial charge in [-0.15, -0.1) is 10.2 Å². The summed E-state index contributed by atoms with van der Waals surface area (Å²) in [5, 5.41) is 16.2. The fourth-order valence-electron chi connectivity index (χ4n) is 3.38. The van der Waals surface area contributed by atoms with Gasteiger partial charge in [0.25, 0.3) is 0 Å². The van der Waals surface area contributed by atoms with Gasteiger partial charge in [0, 0.05) is 31.6 Å². The van der Waals surface area contributed by atoms with Crippen molar-refractivity contribution in [2.75, 3.05) is 12.4 Å². The van der Waals surface area contributed by atoms with Crippen molar-refractivity contribution in [3.8, 4) is 17.0 Å². The number of pyridine rings is 3. The van der Waals surface area contributed by atoms with Crippen molar-refractivity contribution in [1.29, 1.82) is 0 Å². The molecule has 0 amide bonds. The largest absolute Gasteiger partial charge is 0.481 e. The van der Waals surface area contributed by atoms with Crippen molar-refractivity contribution in [3.63, 3.8) is 0 Å². The number of nitrogens with one attached hydrogen (secondary N) is 1. The van der Waals surface area contributed by atoms with E-state index in [9.17, 15) is 0 Å². The first-order valence-electron chi connectivity index (χ1n) is 9.74. The molecule has 0 aliphatic carbocycles. The van der Waals surface area contributed by atoms with Crippen LogP contribution in [0.5, 0.6) is 5.88 Å². The Balaban J connectivity index is 1.42. The lowest BCUT2D eigenvalue weighted by Crippen LogP contribution is -2.01. The average molecular weight is 412 g/mol. The minimum absolute atomic E-state index is 0.561. The third kappa shape index (κ3) is 3.80. The molecule has 0 unspecified atom stereocenters. The van der Waals surface area contributed by atoms with Gasteiger partial charge < -0.3 is 10.1 Å². The van der Waals surface area contributed by atoms with Crippen molar-refractivity contribution in [2.45, 2.75) is 6.42 Å². The van der Waals surface area contributed by atoms with Crippen LogP contribution in [-0.2, 0) is 13.5 Å². The molecule has 0 bridgehead atoms. The molecule has 31 heavy (non-hydrogen) atoms. The van der Waals surface area contributed by atoms with Crippen molar-refractivity contribution < 1.29 is 4.74 Å². The van der Waals surface area contributed by atoms with Gasteiger partial charge in [-0.05, 0) is 41.5 Å². The Hall–Kier alpha value is -4.27. The van der Waals surface area contributed by atoms with E-state index >= 15 is 0 Å². The Morgan fingerprint density at radius 2 is 1.90 bits per heavy atom. The van der Waals surface area contributed by atoms with E-state index in [4.69, 9.17) is 4.74 Å². The van der Waals surface area contributed by atoms with E-state index in [1.807, 2.05) is 66.2 Å². The molecule has 154 valence electrons. The fourth-order valence-corrected chi connectivity index (χ4v) is 3.38. The molecule has 0 fully saturated rings. The predicted octanol–water partition coefficient (Wildman–Crippen LogP) is 3.26. The summed E-state index contributed by atoms with van der Waals surface area (Å²) in [7, 11) is 3.49. The van der Waals surface area contributed by atoms with Crippen molar-refractivity contribution in [1.82, 2.24) is 34.3 Å². The lowest BCUT2D eigenvalue weighted by molar-refractivity contribution is 0.396. The second-order valence-corrected chi connectivity index (χ2v) is 7.00. The molecular formula is C22H20N8O. The van der Waals surface area contributed by atoms with Crippen LogP contribution in [0.25, 0.3) is 16.8 Å². The molecule has 5 aromatic heterocycles. The Labute approximate surface area is 178 Å². The van der Waals surface area contributed by atoms with Crippen molar-refractivity contribution in [3.05, 3.63) is 78.6 Å². The highest BCUT2D eigenvalue weighted by molar-refractivity contribution is 5.70. The SMILES string of the molecule is COc1cccc(Cc2nnc3cc(-c4ccnc(Nc5ccnn5C)c4)ccn23)n1. The molecule has 0 aliphatic heterocycles. The monoisotopic (exact) mass is 412 g/mol. The first-order chi connectivity index (χ1) is 15.2. The van der Waals surface area contributed by atoms with Gasteiger partial charge >= 0.3 is 0 Å². The fraction of sp³-hybridized carbons (Fsp3) is 0.136. The van der Waals surface area contributed by atoms with E-state index in [1.165, 1.54) is 0 Å². The highest BCUT2D eigenvalue weighted by atomic mass is 16.5. The van der Waals surface area contributed by atoms with Gasteiger partial charge in [0.2, 0.25) is 5.88 Å². The Morgan fingerprint density at radius 1 is 1.00 bits per heavy atom. The summed E-state index contributed by atoms with van der Waals surface area (Å²) in [4.78, 5) is 8.87. The van der Waals surface area contributed by atoms with Crippen LogP contribution in [0.3, 0.4) is 0 Å². The third-order valence-corrected chi connectivity index (χ3v) is 4.98. The zero-order valence-electron chi connectivity index (χ0n) is 17.1. The molecule has 0 saturated carbocycles. The smallest absolute Gasteiger partial charge is 0.213 e. The van der Waals surface area contributed by atoms with Crippen LogP contribution in [0.4, 0.5) is 11.6 Å². The van der Waals surface area contributed by atoms with Gasteiger partial charge in [-0.25, -0.2) is 9.97 Å². The molecule has 5 aromatic rings. The average Bonchev–Trinajstić information content (AvgIpc) is 3.39. The van der Waals surface area contributed by atoms with Crippen LogP contribution in [0.1, 0.15) is 11.5 Å². The number of rotatable bonds is 6. The summed E-state index contributed by atoms with van der Waals surface area (Å²) in [6, 6.07) is 15.6. The summed E-state index contributed by atoms with van der Waals surface area (Å²) >= 11 is 0. The van der Waals surface area contributed by atoms with Crippen molar-refractivity contribution >= 4 is 17.3 Å². The van der Waals surface area contributed by atoms with Crippen LogP contribution in [0.2, 0.25) is 0 Å². The number of hydrogen-bond donors (Lipinski definition) is 1. The maximum absolute atomic E-state index is 5.21. The summed E-state index contributed by atoms with van der Waals surface area (Å²) in [6.07, 6.45) is 6.06. The lowest BCUT2D eigenvalue weighted by Gasteiger charge is -2.08. The maximum atomic E-state index is 5.21. The quantitative estimate of drug-likeness (QED) is 0.457. The first kappa shape index (κ1) is 18.7. The number of ether oxygens (including phenoxy) is 1. The molecule has 0 spiro atoms. The van der Waals surface area contributed by atoms with Crippen LogP contribution in [0.15, 0.2) is 67.1 Å². The highest BCUT2D eigenvalue weighted by Gasteiger charge is 2.10. The molecule has 1 N–H and O–H groups in total. The minimum atomic E-state index is 0.561. The molecule has 9 heteroatoms. The Bertz CT molecular complexity index is 1360. The number of aromatic nitrogens is 7. The van der Waals surface area contributed by atoms with E-state index < -0.39 is 0 Å². The Morgan fingerprint density at radius 3 is 2.74 bits per heavy atom. The molecule has 0 aliphatic rings. The molecule has 0 atom stereocenters. The second-order valence-electron chi connectivity index (χ2n) is 7.00. The maximum Gasteiger partial charge on any atom is 0.213 e. The Kier molecular flexibility index (Phi) is 4.75. The topological polar surface area (TPSA) is 95.0 Å². The summed E-state index contributed by atoms with van der Waals surface area (Å²) in [5.74, 6) is 3.01. The number of anilines is 2. The van der Waals surface area contributed by atoms with Crippen LogP contribution in [0, 0.1) is 0 Å². The predicted molar refractivity (Wildman–Crippen MR) is 116 cm³/mol. The highest BCUT2D eigenvalue weighted by Crippen LogP contribution is 2.24. The van der Waals surface area contributed by atoms with Gasteiger partial charge in [-0.3, -0.25) is 9.08 Å². The molecule has 5 rings (SSSR count). The van der Waals surface area contributed by atoms with E-state index in [1.54, 1.807) is 24.2 Å². The number of methoxy groups -OCH3 is 1. The van der Waals surface area contributed by atoms with Crippen LogP contribution >= 0.6 is 0 Å². The van der Waals surface area contributed by atoms with E-state index in [0.717, 1.165) is 39.9 Å². The second kappa shape index (κ2) is 7.86. The first-order valence-corrected chi connectivity index (χ1v) is 9.74. The third-order valence-electron chi connectivity index (χ3n) is 4.98. The molecule has 5 heterocycles. The molecule has 9 nitrogen and oxygen atoms in total. The standard InChI is InChI=1S/C22H20N8O/c1-29-19(7-10-24-29)26-18-12-15(6-9-23-18)16-8-11-30-20(13-16)27-28-21(30)14-17-4-3-5-22(25-17)31-2/h3-13H,14H2,1-2H3,(H,23,26). The van der Waals surface area contributed by atoms with E-state index in [-0.39, 0.29) is 0 Å². The lowest BCUT2D eigenvalue weighted by atomic mass is 10.1. The molecule has 0 saturated heterocycles. The molecule has 0 aromatic carbocycles. The minimum Gasteiger partial charge on any atom is -0.481 e. The van der Waals surface area contributed by atoms with Crippen LogP contribution < -0.4 is 10.1 Å². The summed E-state index contributed by atoms with van der Waals surface area (Å²) in [6.45, 7) is 0. The van der Waals surface area contributed by atoms with Gasteiger partial charge in [-0.1, -0.05) is 6.07 Å². The molecule has 0 radical (unpaired) electrons. The summed E-state index contributed by atoms with van der Waals surface area (Å²) in [5.41, 5.74) is 3.70. The number of aryl methyl sites for hydroxylation is 1. The summed E-state index contributed by atoms with van der Waals surface area (Å²) < 4.78 is 8.94.